The second kappa shape index (κ2) is 21.0. The minimum atomic E-state index is -1.58. The highest BCUT2D eigenvalue weighted by molar-refractivity contribution is 6.01. The summed E-state index contributed by atoms with van der Waals surface area (Å²) in [7, 11) is 0. The van der Waals surface area contributed by atoms with Gasteiger partial charge in [-0.3, -0.25) is 14.4 Å². The summed E-state index contributed by atoms with van der Waals surface area (Å²) in [6.45, 7) is 13.8. The summed E-state index contributed by atoms with van der Waals surface area (Å²) < 4.78 is 5.48. The van der Waals surface area contributed by atoms with Gasteiger partial charge in [-0.05, 0) is 58.1 Å². The van der Waals surface area contributed by atoms with Crippen molar-refractivity contribution in [3.63, 3.8) is 0 Å². The van der Waals surface area contributed by atoms with Crippen LogP contribution in [0.1, 0.15) is 74.7 Å². The van der Waals surface area contributed by atoms with E-state index in [1.165, 1.54) is 5.57 Å². The van der Waals surface area contributed by atoms with Gasteiger partial charge in [0, 0.05) is 12.8 Å². The molecule has 0 aliphatic heterocycles. The average molecular weight is 662 g/mol. The Balaban J connectivity index is 2.81. The van der Waals surface area contributed by atoms with Crippen molar-refractivity contribution in [1.29, 1.82) is 0 Å². The molecule has 0 aromatic carbocycles. The number of hydrogen-bond acceptors (Lipinski definition) is 7. The summed E-state index contributed by atoms with van der Waals surface area (Å²) in [5.74, 6) is -1.63. The number of carbonyl (C=O) groups excluding carboxylic acids is 3. The van der Waals surface area contributed by atoms with Crippen LogP contribution in [0.5, 0.6) is 0 Å². The van der Waals surface area contributed by atoms with E-state index in [2.05, 4.69) is 43.5 Å². The number of carbonyl (C=O) groups is 3. The van der Waals surface area contributed by atoms with Crippen LogP contribution in [0.4, 0.5) is 0 Å². The first kappa shape index (κ1) is 41.9. The third kappa shape index (κ3) is 14.8. The Morgan fingerprint density at radius 2 is 1.29 bits per heavy atom. The first-order valence-electron chi connectivity index (χ1n) is 16.2. The summed E-state index contributed by atoms with van der Waals surface area (Å²) in [5, 5.41) is 30.4. The molecule has 0 bridgehead atoms. The fourth-order valence-corrected chi connectivity index (χ4v) is 4.87. The van der Waals surface area contributed by atoms with E-state index in [0.717, 1.165) is 22.3 Å². The Morgan fingerprint density at radius 3 is 1.79 bits per heavy atom. The van der Waals surface area contributed by atoms with Crippen molar-refractivity contribution in [1.82, 2.24) is 5.32 Å². The molecule has 1 unspecified atom stereocenters. The Morgan fingerprint density at radius 1 is 0.812 bits per heavy atom. The lowest BCUT2D eigenvalue weighted by atomic mass is 9.71. The second-order valence-corrected chi connectivity index (χ2v) is 12.9. The van der Waals surface area contributed by atoms with Crippen LogP contribution in [0, 0.1) is 5.41 Å². The van der Waals surface area contributed by atoms with Crippen LogP contribution < -0.4 is 5.32 Å². The number of amides is 1. The molecule has 0 heterocycles. The average Bonchev–Trinajstić information content (AvgIpc) is 3.03. The van der Waals surface area contributed by atoms with E-state index in [1.807, 2.05) is 95.4 Å². The number of rotatable bonds is 17. The van der Waals surface area contributed by atoms with Crippen molar-refractivity contribution >= 4 is 17.7 Å². The van der Waals surface area contributed by atoms with Crippen molar-refractivity contribution in [3.05, 3.63) is 119 Å². The maximum atomic E-state index is 13.2. The summed E-state index contributed by atoms with van der Waals surface area (Å²) >= 11 is 0. The maximum absolute atomic E-state index is 13.2. The number of aliphatic hydroxyl groups is 3. The van der Waals surface area contributed by atoms with Crippen molar-refractivity contribution in [2.24, 2.45) is 5.41 Å². The zero-order valence-corrected chi connectivity index (χ0v) is 29.9. The lowest BCUT2D eigenvalue weighted by molar-refractivity contribution is -0.156. The summed E-state index contributed by atoms with van der Waals surface area (Å²) in [6, 6.07) is 0. The predicted molar refractivity (Wildman–Crippen MR) is 194 cm³/mol. The van der Waals surface area contributed by atoms with Crippen LogP contribution in [0.3, 0.4) is 0 Å². The molecule has 8 nitrogen and oxygen atoms in total. The Kier molecular flexibility index (Phi) is 18.3. The fraction of sp³-hybridized carbons (Fsp3) is 0.425. The first-order valence-corrected chi connectivity index (χ1v) is 16.2. The topological polar surface area (TPSA) is 133 Å². The molecular formula is C40H55NO7. The van der Waals surface area contributed by atoms with Crippen LogP contribution >= 0.6 is 0 Å². The number of esters is 1. The van der Waals surface area contributed by atoms with Crippen LogP contribution in [0.25, 0.3) is 0 Å². The molecule has 1 atom stereocenters. The molecule has 0 aromatic heterocycles. The van der Waals surface area contributed by atoms with E-state index < -0.39 is 48.8 Å². The van der Waals surface area contributed by atoms with E-state index >= 15 is 0 Å². The number of nitrogens with one attached hydrogen (secondary N) is 1. The molecule has 48 heavy (non-hydrogen) atoms. The van der Waals surface area contributed by atoms with Gasteiger partial charge in [-0.1, -0.05) is 121 Å². The summed E-state index contributed by atoms with van der Waals surface area (Å²) in [4.78, 5) is 37.9. The fourth-order valence-electron chi connectivity index (χ4n) is 4.87. The first-order chi connectivity index (χ1) is 22.6. The van der Waals surface area contributed by atoms with Crippen LogP contribution in [0.15, 0.2) is 119 Å². The van der Waals surface area contributed by atoms with Crippen LogP contribution in [0.2, 0.25) is 0 Å². The van der Waals surface area contributed by atoms with E-state index in [4.69, 9.17) is 4.74 Å². The standard InChI is InChI=1S/C40H55NO7/c1-9-14-29(2)17-12-18-30(3)15-10-11-16-31(4)19-13-20-32(5)21-22-34-33(6)38(47)35(25-39(34,7)8)48-37(46)24-23-36(45)41-40(26-42,27-43)28-44/h9-22,35,42-44H,23-28H2,1-8H3,(H,41,45). The summed E-state index contributed by atoms with van der Waals surface area (Å²) in [6.07, 6.45) is 27.0. The number of hydrogen-bond donors (Lipinski definition) is 4. The van der Waals surface area contributed by atoms with Gasteiger partial charge in [0.05, 0.1) is 26.2 Å². The molecule has 1 amide bonds. The van der Waals surface area contributed by atoms with Gasteiger partial charge in [-0.2, -0.15) is 0 Å². The third-order valence-electron chi connectivity index (χ3n) is 7.84. The van der Waals surface area contributed by atoms with Crippen molar-refractivity contribution in [3.8, 4) is 0 Å². The largest absolute Gasteiger partial charge is 0.454 e. The summed E-state index contributed by atoms with van der Waals surface area (Å²) in [5.41, 5.74) is 3.81. The van der Waals surface area contributed by atoms with Crippen molar-refractivity contribution in [2.75, 3.05) is 19.8 Å². The molecule has 4 N–H and O–H groups in total. The molecular weight excluding hydrogens is 606 g/mol. The van der Waals surface area contributed by atoms with Crippen LogP contribution in [-0.2, 0) is 19.1 Å². The Hall–Kier alpha value is -4.11. The van der Waals surface area contributed by atoms with Gasteiger partial charge in [-0.25, -0.2) is 0 Å². The SMILES string of the molecule is CC=CC(C)=CC=CC(C)=CC=CC=C(C)C=CC=C(C)C=CC1=C(C)C(=O)C(OC(=O)CCC(=O)NC(CO)(CO)CO)CC1(C)C. The van der Waals surface area contributed by atoms with E-state index in [-0.39, 0.29) is 18.6 Å². The second-order valence-electron chi connectivity index (χ2n) is 12.9. The molecule has 1 aliphatic rings. The monoisotopic (exact) mass is 661 g/mol. The molecule has 262 valence electrons. The number of allylic oxidation sites excluding steroid dienone is 19. The quantitative estimate of drug-likeness (QED) is 0.105. The number of aliphatic hydroxyl groups excluding tert-OH is 3. The van der Waals surface area contributed by atoms with Gasteiger partial charge < -0.3 is 25.4 Å². The van der Waals surface area contributed by atoms with E-state index in [1.54, 1.807) is 6.92 Å². The van der Waals surface area contributed by atoms with Gasteiger partial charge in [-0.15, -0.1) is 0 Å². The van der Waals surface area contributed by atoms with Gasteiger partial charge >= 0.3 is 5.97 Å². The molecule has 1 aliphatic carbocycles. The highest BCUT2D eigenvalue weighted by atomic mass is 16.5. The Labute approximate surface area is 287 Å². The van der Waals surface area contributed by atoms with Crippen molar-refractivity contribution in [2.45, 2.75) is 86.3 Å². The molecule has 0 spiro atoms. The third-order valence-corrected chi connectivity index (χ3v) is 7.84. The van der Waals surface area contributed by atoms with Gasteiger partial charge in [0.15, 0.2) is 11.9 Å². The normalized spacial score (nSPS) is 18.8. The van der Waals surface area contributed by atoms with Gasteiger partial charge in [0.2, 0.25) is 5.91 Å². The Bertz CT molecular complexity index is 1430. The van der Waals surface area contributed by atoms with Gasteiger partial charge in [0.25, 0.3) is 0 Å². The smallest absolute Gasteiger partial charge is 0.307 e. The molecule has 0 aromatic rings. The lowest BCUT2D eigenvalue weighted by Gasteiger charge is -2.36. The van der Waals surface area contributed by atoms with Crippen molar-refractivity contribution < 1.29 is 34.4 Å². The molecule has 0 fully saturated rings. The molecule has 8 heteroatoms. The highest BCUT2D eigenvalue weighted by Crippen LogP contribution is 2.40. The van der Waals surface area contributed by atoms with E-state index in [9.17, 15) is 29.7 Å². The predicted octanol–water partition coefficient (Wildman–Crippen LogP) is 6.41. The molecule has 0 saturated carbocycles. The minimum absolute atomic E-state index is 0.278. The number of ether oxygens (including phenoxy) is 1. The molecule has 0 saturated heterocycles. The molecule has 1 rings (SSSR count). The van der Waals surface area contributed by atoms with Gasteiger partial charge in [0.1, 0.15) is 5.54 Å². The van der Waals surface area contributed by atoms with Crippen LogP contribution in [-0.4, -0.2) is 64.4 Å². The number of ketones is 1. The van der Waals surface area contributed by atoms with E-state index in [0.29, 0.717) is 12.0 Å². The maximum Gasteiger partial charge on any atom is 0.307 e. The highest BCUT2D eigenvalue weighted by Gasteiger charge is 2.40. The minimum Gasteiger partial charge on any atom is -0.454 e. The molecule has 0 radical (unpaired) electrons. The lowest BCUT2D eigenvalue weighted by Crippen LogP contribution is -2.57. The zero-order valence-electron chi connectivity index (χ0n) is 29.9. The number of Topliss-reactive ketones (excluding diaryl/α,β-unsaturated/α-hetero) is 1. The zero-order chi connectivity index (χ0) is 36.3.